The van der Waals surface area contributed by atoms with E-state index in [0.29, 0.717) is 12.2 Å². The summed E-state index contributed by atoms with van der Waals surface area (Å²) in [5.41, 5.74) is 8.24. The van der Waals surface area contributed by atoms with Crippen LogP contribution >= 0.6 is 12.2 Å². The largest absolute Gasteiger partial charge is 0.388 e. The first-order valence-electron chi connectivity index (χ1n) is 6.35. The summed E-state index contributed by atoms with van der Waals surface area (Å²) in [4.78, 5) is 6.55. The summed E-state index contributed by atoms with van der Waals surface area (Å²) < 4.78 is 13.0. The maximum atomic E-state index is 13.0. The highest BCUT2D eigenvalue weighted by molar-refractivity contribution is 7.80. The maximum absolute atomic E-state index is 13.0. The fraction of sp³-hybridized carbons (Fsp3) is 0.200. The molecule has 1 heterocycles. The first-order valence-corrected chi connectivity index (χ1v) is 6.76. The summed E-state index contributed by atoms with van der Waals surface area (Å²) in [6, 6.07) is 10.3. The van der Waals surface area contributed by atoms with E-state index in [-0.39, 0.29) is 10.8 Å². The van der Waals surface area contributed by atoms with E-state index in [9.17, 15) is 4.39 Å². The van der Waals surface area contributed by atoms with Crippen molar-refractivity contribution in [1.82, 2.24) is 4.98 Å². The first kappa shape index (κ1) is 14.4. The van der Waals surface area contributed by atoms with Crippen LogP contribution in [0.3, 0.4) is 0 Å². The Morgan fingerprint density at radius 1 is 1.30 bits per heavy atom. The minimum atomic E-state index is -0.232. The van der Waals surface area contributed by atoms with Gasteiger partial charge in [-0.3, -0.25) is 4.98 Å². The number of pyridine rings is 1. The number of benzene rings is 1. The van der Waals surface area contributed by atoms with Crippen molar-refractivity contribution in [2.75, 3.05) is 11.4 Å². The maximum Gasteiger partial charge on any atom is 0.123 e. The van der Waals surface area contributed by atoms with E-state index >= 15 is 0 Å². The zero-order chi connectivity index (χ0) is 14.5. The van der Waals surface area contributed by atoms with Crippen LogP contribution in [0.1, 0.15) is 18.2 Å². The quantitative estimate of drug-likeness (QED) is 0.859. The van der Waals surface area contributed by atoms with Crippen molar-refractivity contribution in [3.05, 3.63) is 59.7 Å². The second-order valence-electron chi connectivity index (χ2n) is 4.40. The lowest BCUT2D eigenvalue weighted by Gasteiger charge is -2.23. The van der Waals surface area contributed by atoms with Crippen LogP contribution < -0.4 is 10.6 Å². The van der Waals surface area contributed by atoms with Crippen LogP contribution in [0.2, 0.25) is 0 Å². The molecule has 0 aliphatic rings. The Morgan fingerprint density at radius 2 is 2.00 bits per heavy atom. The van der Waals surface area contributed by atoms with E-state index in [2.05, 4.69) is 16.8 Å². The minimum Gasteiger partial charge on any atom is -0.388 e. The Morgan fingerprint density at radius 3 is 2.60 bits per heavy atom. The number of rotatable bonds is 5. The van der Waals surface area contributed by atoms with Gasteiger partial charge in [-0.25, -0.2) is 4.39 Å². The van der Waals surface area contributed by atoms with Gasteiger partial charge in [-0.15, -0.1) is 0 Å². The molecule has 104 valence electrons. The van der Waals surface area contributed by atoms with Gasteiger partial charge in [-0.05, 0) is 48.9 Å². The van der Waals surface area contributed by atoms with Gasteiger partial charge in [-0.1, -0.05) is 12.2 Å². The van der Waals surface area contributed by atoms with E-state index in [4.69, 9.17) is 18.0 Å². The van der Waals surface area contributed by atoms with Gasteiger partial charge in [0.05, 0.1) is 5.69 Å². The average molecular weight is 289 g/mol. The summed E-state index contributed by atoms with van der Waals surface area (Å²) in [5, 5.41) is 0. The van der Waals surface area contributed by atoms with Gasteiger partial charge in [-0.2, -0.15) is 0 Å². The zero-order valence-electron chi connectivity index (χ0n) is 11.2. The molecule has 0 aliphatic heterocycles. The normalized spacial score (nSPS) is 10.3. The van der Waals surface area contributed by atoms with Crippen molar-refractivity contribution in [3.8, 4) is 0 Å². The first-order chi connectivity index (χ1) is 9.60. The van der Waals surface area contributed by atoms with Crippen molar-refractivity contribution in [2.24, 2.45) is 5.73 Å². The fourth-order valence-corrected chi connectivity index (χ4v) is 2.08. The van der Waals surface area contributed by atoms with E-state index in [1.54, 1.807) is 18.3 Å². The molecule has 5 heteroatoms. The fourth-order valence-electron chi connectivity index (χ4n) is 1.97. The molecule has 2 N–H and O–H groups in total. The number of hydrogen-bond donors (Lipinski definition) is 1. The third-order valence-electron chi connectivity index (χ3n) is 3.02. The van der Waals surface area contributed by atoms with Crippen molar-refractivity contribution in [2.45, 2.75) is 13.5 Å². The van der Waals surface area contributed by atoms with Gasteiger partial charge < -0.3 is 10.6 Å². The molecule has 0 saturated carbocycles. The van der Waals surface area contributed by atoms with E-state index in [1.165, 1.54) is 12.1 Å². The van der Waals surface area contributed by atoms with Crippen LogP contribution in [-0.4, -0.2) is 16.5 Å². The molecule has 0 atom stereocenters. The summed E-state index contributed by atoms with van der Waals surface area (Å²) in [5.74, 6) is -0.232. The number of halogens is 1. The van der Waals surface area contributed by atoms with E-state index in [0.717, 1.165) is 17.8 Å². The van der Waals surface area contributed by atoms with Crippen LogP contribution in [-0.2, 0) is 6.54 Å². The van der Waals surface area contributed by atoms with Crippen LogP contribution in [0.25, 0.3) is 0 Å². The molecule has 2 rings (SSSR count). The molecular formula is C15H16FN3S. The summed E-state index contributed by atoms with van der Waals surface area (Å²) in [6.45, 7) is 3.57. The number of hydrogen-bond acceptors (Lipinski definition) is 3. The second-order valence-corrected chi connectivity index (χ2v) is 4.84. The predicted molar refractivity (Wildman–Crippen MR) is 83.2 cm³/mol. The van der Waals surface area contributed by atoms with Gasteiger partial charge >= 0.3 is 0 Å². The highest BCUT2D eigenvalue weighted by Crippen LogP contribution is 2.17. The van der Waals surface area contributed by atoms with Gasteiger partial charge in [0.1, 0.15) is 10.8 Å². The van der Waals surface area contributed by atoms with Crippen molar-refractivity contribution in [1.29, 1.82) is 0 Å². The Bertz CT molecular complexity index is 598. The molecule has 0 fully saturated rings. The van der Waals surface area contributed by atoms with E-state index in [1.807, 2.05) is 12.1 Å². The smallest absolute Gasteiger partial charge is 0.123 e. The molecule has 0 spiro atoms. The molecular weight excluding hydrogens is 273 g/mol. The molecule has 0 bridgehead atoms. The lowest BCUT2D eigenvalue weighted by Crippen LogP contribution is -2.22. The Labute approximate surface area is 123 Å². The van der Waals surface area contributed by atoms with Gasteiger partial charge in [0.15, 0.2) is 0 Å². The molecule has 2 aromatic rings. The molecule has 3 nitrogen and oxygen atoms in total. The highest BCUT2D eigenvalue weighted by Gasteiger charge is 2.07. The number of aromatic nitrogens is 1. The van der Waals surface area contributed by atoms with Crippen molar-refractivity contribution in [3.63, 3.8) is 0 Å². The molecule has 0 radical (unpaired) electrons. The molecule has 0 amide bonds. The van der Waals surface area contributed by atoms with E-state index < -0.39 is 0 Å². The summed E-state index contributed by atoms with van der Waals surface area (Å²) in [7, 11) is 0. The van der Waals surface area contributed by atoms with Crippen molar-refractivity contribution < 1.29 is 4.39 Å². The molecule has 0 aliphatic carbocycles. The summed E-state index contributed by atoms with van der Waals surface area (Å²) in [6.07, 6.45) is 1.70. The second kappa shape index (κ2) is 6.43. The highest BCUT2D eigenvalue weighted by atomic mass is 32.1. The molecule has 20 heavy (non-hydrogen) atoms. The van der Waals surface area contributed by atoms with Crippen LogP contribution in [0.4, 0.5) is 10.1 Å². The minimum absolute atomic E-state index is 0.232. The monoisotopic (exact) mass is 289 g/mol. The number of thiocarbonyl (C=S) groups is 1. The molecule has 1 aromatic heterocycles. The Kier molecular flexibility index (Phi) is 4.63. The Balaban J connectivity index is 2.19. The number of nitrogens with two attached hydrogens (primary N) is 1. The lowest BCUT2D eigenvalue weighted by atomic mass is 10.2. The molecule has 0 unspecified atom stereocenters. The third kappa shape index (κ3) is 3.51. The molecule has 0 saturated heterocycles. The van der Waals surface area contributed by atoms with Crippen LogP contribution in [0.15, 0.2) is 42.6 Å². The van der Waals surface area contributed by atoms with Gasteiger partial charge in [0.2, 0.25) is 0 Å². The third-order valence-corrected chi connectivity index (χ3v) is 3.23. The molecule has 1 aromatic carbocycles. The van der Waals surface area contributed by atoms with Crippen molar-refractivity contribution >= 4 is 22.9 Å². The number of nitrogens with zero attached hydrogens (tertiary/aromatic N) is 2. The SMILES string of the molecule is CCN(Cc1ccnc(C(N)=S)c1)c1ccc(F)cc1. The average Bonchev–Trinajstić information content (AvgIpc) is 2.46. The Hall–Kier alpha value is -2.01. The predicted octanol–water partition coefficient (Wildman–Crippen LogP) is 2.88. The van der Waals surface area contributed by atoms with Gasteiger partial charge in [0, 0.05) is 25.0 Å². The van der Waals surface area contributed by atoms with Crippen LogP contribution in [0.5, 0.6) is 0 Å². The van der Waals surface area contributed by atoms with Gasteiger partial charge in [0.25, 0.3) is 0 Å². The summed E-state index contributed by atoms with van der Waals surface area (Å²) >= 11 is 4.93. The zero-order valence-corrected chi connectivity index (χ0v) is 12.0. The topological polar surface area (TPSA) is 42.2 Å². The lowest BCUT2D eigenvalue weighted by molar-refractivity contribution is 0.627. The number of anilines is 1. The standard InChI is InChI=1S/C15H16FN3S/c1-2-19(13-5-3-12(16)4-6-13)10-11-7-8-18-14(9-11)15(17)20/h3-9H,2,10H2,1H3,(H2,17,20). The van der Waals surface area contributed by atoms with Crippen LogP contribution in [0, 0.1) is 5.82 Å².